The first kappa shape index (κ1) is 14.5. The van der Waals surface area contributed by atoms with E-state index in [2.05, 4.69) is 47.5 Å². The van der Waals surface area contributed by atoms with Crippen LogP contribution < -0.4 is 5.73 Å². The summed E-state index contributed by atoms with van der Waals surface area (Å²) in [5.74, 6) is 0.917. The number of thioether (sulfide) groups is 1. The molecule has 2 aromatic rings. The Hall–Kier alpha value is -0.910. The Morgan fingerprint density at radius 3 is 2.79 bits per heavy atom. The summed E-state index contributed by atoms with van der Waals surface area (Å²) in [4.78, 5) is 4.51. The van der Waals surface area contributed by atoms with Crippen LogP contribution in [0.4, 0.5) is 0 Å². The molecule has 0 bridgehead atoms. The lowest BCUT2D eigenvalue weighted by molar-refractivity contribution is 0.720. The topological polar surface area (TPSA) is 51.8 Å². The molecule has 2 atom stereocenters. The van der Waals surface area contributed by atoms with Crippen molar-refractivity contribution in [2.75, 3.05) is 0 Å². The molecule has 19 heavy (non-hydrogen) atoms. The van der Waals surface area contributed by atoms with Crippen molar-refractivity contribution >= 4 is 23.3 Å². The van der Waals surface area contributed by atoms with E-state index in [-0.39, 0.29) is 11.3 Å². The van der Waals surface area contributed by atoms with E-state index in [1.807, 2.05) is 6.92 Å². The first-order valence-corrected chi connectivity index (χ1v) is 8.07. The van der Waals surface area contributed by atoms with Crippen LogP contribution in [0.25, 0.3) is 0 Å². The van der Waals surface area contributed by atoms with Gasteiger partial charge in [0.15, 0.2) is 4.34 Å². The number of benzene rings is 1. The zero-order valence-corrected chi connectivity index (χ0v) is 13.1. The van der Waals surface area contributed by atoms with E-state index in [1.165, 1.54) is 22.7 Å². The fraction of sp³-hybridized carbons (Fsp3) is 0.429. The molecule has 0 saturated carbocycles. The normalized spacial score (nSPS) is 14.3. The van der Waals surface area contributed by atoms with Crippen molar-refractivity contribution in [3.8, 4) is 0 Å². The van der Waals surface area contributed by atoms with Gasteiger partial charge in [0.05, 0.1) is 5.25 Å². The van der Waals surface area contributed by atoms with Crippen LogP contribution in [-0.2, 0) is 6.42 Å². The molecule has 2 unspecified atom stereocenters. The van der Waals surface area contributed by atoms with Gasteiger partial charge in [0.25, 0.3) is 0 Å². The van der Waals surface area contributed by atoms with Gasteiger partial charge in [-0.15, -0.1) is 0 Å². The quantitative estimate of drug-likeness (QED) is 0.856. The Balaban J connectivity index is 2.21. The first-order valence-electron chi connectivity index (χ1n) is 6.41. The van der Waals surface area contributed by atoms with Gasteiger partial charge < -0.3 is 5.73 Å². The Morgan fingerprint density at radius 1 is 1.42 bits per heavy atom. The van der Waals surface area contributed by atoms with Crippen LogP contribution in [-0.4, -0.2) is 15.4 Å². The maximum absolute atomic E-state index is 6.14. The number of hydrogen-bond acceptors (Lipinski definition) is 5. The molecular weight excluding hydrogens is 274 g/mol. The van der Waals surface area contributed by atoms with Crippen molar-refractivity contribution in [2.24, 2.45) is 5.73 Å². The summed E-state index contributed by atoms with van der Waals surface area (Å²) in [6, 6.07) is 8.59. The Morgan fingerprint density at radius 2 is 2.21 bits per heavy atom. The van der Waals surface area contributed by atoms with E-state index < -0.39 is 0 Å². The fourth-order valence-electron chi connectivity index (χ4n) is 1.86. The summed E-state index contributed by atoms with van der Waals surface area (Å²) in [5.41, 5.74) is 8.66. The van der Waals surface area contributed by atoms with Crippen LogP contribution in [0.15, 0.2) is 28.6 Å². The minimum atomic E-state index is 0.0702. The Labute approximate surface area is 122 Å². The molecule has 1 aromatic heterocycles. The molecule has 2 N–H and O–H groups in total. The SMILES string of the molecule is CCc1nsc(SC(c2cccc(C)c2)C(C)N)n1. The highest BCUT2D eigenvalue weighted by Gasteiger charge is 2.20. The molecule has 102 valence electrons. The lowest BCUT2D eigenvalue weighted by atomic mass is 10.0. The Bertz CT molecular complexity index is 537. The maximum Gasteiger partial charge on any atom is 0.170 e. The zero-order valence-electron chi connectivity index (χ0n) is 11.5. The second-order valence-corrected chi connectivity index (χ2v) is 6.78. The summed E-state index contributed by atoms with van der Waals surface area (Å²) in [7, 11) is 0. The molecule has 1 aromatic carbocycles. The van der Waals surface area contributed by atoms with Crippen LogP contribution >= 0.6 is 23.3 Å². The highest BCUT2D eigenvalue weighted by Crippen LogP contribution is 2.38. The number of aromatic nitrogens is 2. The third-order valence-corrected chi connectivity index (χ3v) is 5.15. The van der Waals surface area contributed by atoms with Crippen molar-refractivity contribution in [3.63, 3.8) is 0 Å². The van der Waals surface area contributed by atoms with Gasteiger partial charge in [0.2, 0.25) is 0 Å². The smallest absolute Gasteiger partial charge is 0.170 e. The van der Waals surface area contributed by atoms with Gasteiger partial charge in [-0.05, 0) is 30.9 Å². The van der Waals surface area contributed by atoms with Crippen LogP contribution in [0.3, 0.4) is 0 Å². The van der Waals surface area contributed by atoms with E-state index in [0.29, 0.717) is 0 Å². The summed E-state index contributed by atoms with van der Waals surface area (Å²) >= 11 is 3.18. The minimum absolute atomic E-state index is 0.0702. The summed E-state index contributed by atoms with van der Waals surface area (Å²) < 4.78 is 5.33. The van der Waals surface area contributed by atoms with Crippen LogP contribution in [0.2, 0.25) is 0 Å². The van der Waals surface area contributed by atoms with E-state index in [9.17, 15) is 0 Å². The van der Waals surface area contributed by atoms with E-state index in [4.69, 9.17) is 5.73 Å². The van der Waals surface area contributed by atoms with E-state index >= 15 is 0 Å². The molecule has 2 rings (SSSR count). The van der Waals surface area contributed by atoms with Crippen molar-refractivity contribution in [3.05, 3.63) is 41.2 Å². The van der Waals surface area contributed by atoms with Crippen molar-refractivity contribution in [1.29, 1.82) is 0 Å². The number of nitrogens with two attached hydrogens (primary N) is 1. The number of aryl methyl sites for hydroxylation is 2. The molecule has 0 aliphatic heterocycles. The predicted molar refractivity (Wildman–Crippen MR) is 82.7 cm³/mol. The van der Waals surface area contributed by atoms with Crippen LogP contribution in [0, 0.1) is 6.92 Å². The Kier molecular flexibility index (Phi) is 4.96. The average molecular weight is 293 g/mol. The van der Waals surface area contributed by atoms with Gasteiger partial charge in [-0.1, -0.05) is 48.5 Å². The van der Waals surface area contributed by atoms with Gasteiger partial charge in [-0.25, -0.2) is 4.98 Å². The zero-order chi connectivity index (χ0) is 13.8. The molecule has 0 amide bonds. The van der Waals surface area contributed by atoms with Gasteiger partial charge in [-0.2, -0.15) is 4.37 Å². The molecule has 0 fully saturated rings. The van der Waals surface area contributed by atoms with Crippen molar-refractivity contribution in [2.45, 2.75) is 42.8 Å². The minimum Gasteiger partial charge on any atom is -0.327 e. The van der Waals surface area contributed by atoms with Gasteiger partial charge in [0, 0.05) is 12.5 Å². The second-order valence-electron chi connectivity index (χ2n) is 4.64. The van der Waals surface area contributed by atoms with Gasteiger partial charge >= 0.3 is 0 Å². The first-order chi connectivity index (χ1) is 9.10. The standard InChI is InChI=1S/C14H19N3S2/c1-4-12-16-14(19-17-12)18-13(10(3)15)11-7-5-6-9(2)8-11/h5-8,10,13H,4,15H2,1-3H3. The predicted octanol–water partition coefficient (Wildman–Crippen LogP) is 3.59. The lowest BCUT2D eigenvalue weighted by Crippen LogP contribution is -2.22. The number of hydrogen-bond donors (Lipinski definition) is 1. The molecule has 0 saturated heterocycles. The molecule has 3 nitrogen and oxygen atoms in total. The third kappa shape index (κ3) is 3.78. The summed E-state index contributed by atoms with van der Waals surface area (Å²) in [6.45, 7) is 6.22. The lowest BCUT2D eigenvalue weighted by Gasteiger charge is -2.19. The maximum atomic E-state index is 6.14. The molecular formula is C14H19N3S2. The number of nitrogens with zero attached hydrogens (tertiary/aromatic N) is 2. The van der Waals surface area contributed by atoms with Crippen molar-refractivity contribution < 1.29 is 0 Å². The summed E-state index contributed by atoms with van der Waals surface area (Å²) in [6.07, 6.45) is 0.879. The number of rotatable bonds is 5. The van der Waals surface area contributed by atoms with Crippen LogP contribution in [0.5, 0.6) is 0 Å². The van der Waals surface area contributed by atoms with Crippen LogP contribution in [0.1, 0.15) is 36.0 Å². The third-order valence-electron chi connectivity index (χ3n) is 2.84. The highest BCUT2D eigenvalue weighted by molar-refractivity contribution is 8.01. The molecule has 0 aliphatic rings. The molecule has 0 radical (unpaired) electrons. The summed E-state index contributed by atoms with van der Waals surface area (Å²) in [5, 5.41) is 0.220. The van der Waals surface area contributed by atoms with Gasteiger partial charge in [0.1, 0.15) is 5.82 Å². The molecule has 1 heterocycles. The highest BCUT2D eigenvalue weighted by atomic mass is 32.2. The largest absolute Gasteiger partial charge is 0.327 e. The monoisotopic (exact) mass is 293 g/mol. The molecule has 0 aliphatic carbocycles. The molecule has 0 spiro atoms. The average Bonchev–Trinajstić information content (AvgIpc) is 2.83. The molecule has 5 heteroatoms. The second kappa shape index (κ2) is 6.50. The van der Waals surface area contributed by atoms with E-state index in [0.717, 1.165) is 16.6 Å². The van der Waals surface area contributed by atoms with E-state index in [1.54, 1.807) is 11.8 Å². The fourth-order valence-corrected chi connectivity index (χ4v) is 3.83. The van der Waals surface area contributed by atoms with Gasteiger partial charge in [-0.3, -0.25) is 0 Å². The van der Waals surface area contributed by atoms with Crippen molar-refractivity contribution in [1.82, 2.24) is 9.36 Å².